The molecule has 1 aromatic carbocycles. The fraction of sp³-hybridized carbons (Fsp3) is 0.250. The molecule has 0 atom stereocenters. The average Bonchev–Trinajstić information content (AvgIpc) is 2.87. The standard InChI is InChI=1S/C12H12BrN5/c13-10-4-9(7-14)5-11(6-10)15-3-1-2-12-16-8-17-18-12/h4-6,8,15H,1-3H2,(H,16,17,18). The first-order valence-electron chi connectivity index (χ1n) is 5.57. The largest absolute Gasteiger partial charge is 0.385 e. The van der Waals surface area contributed by atoms with Crippen molar-refractivity contribution in [3.8, 4) is 6.07 Å². The molecule has 2 aromatic rings. The van der Waals surface area contributed by atoms with Crippen molar-refractivity contribution in [2.75, 3.05) is 11.9 Å². The Bertz CT molecular complexity index is 544. The van der Waals surface area contributed by atoms with Gasteiger partial charge in [-0.05, 0) is 24.6 Å². The highest BCUT2D eigenvalue weighted by Crippen LogP contribution is 2.19. The number of nitrogens with zero attached hydrogens (tertiary/aromatic N) is 3. The summed E-state index contributed by atoms with van der Waals surface area (Å²) in [7, 11) is 0. The minimum atomic E-state index is 0.641. The molecule has 92 valence electrons. The van der Waals surface area contributed by atoms with Gasteiger partial charge in [0, 0.05) is 23.1 Å². The highest BCUT2D eigenvalue weighted by Gasteiger charge is 1.99. The lowest BCUT2D eigenvalue weighted by Gasteiger charge is -2.06. The van der Waals surface area contributed by atoms with Crippen molar-refractivity contribution in [1.29, 1.82) is 5.26 Å². The van der Waals surface area contributed by atoms with Crippen molar-refractivity contribution in [2.45, 2.75) is 12.8 Å². The monoisotopic (exact) mass is 305 g/mol. The molecule has 0 unspecified atom stereocenters. The third-order valence-corrected chi connectivity index (χ3v) is 2.87. The van der Waals surface area contributed by atoms with E-state index in [-0.39, 0.29) is 0 Å². The zero-order chi connectivity index (χ0) is 12.8. The van der Waals surface area contributed by atoms with E-state index in [1.165, 1.54) is 6.33 Å². The van der Waals surface area contributed by atoms with Crippen LogP contribution in [-0.4, -0.2) is 21.7 Å². The summed E-state index contributed by atoms with van der Waals surface area (Å²) in [5, 5.41) is 18.8. The molecular formula is C12H12BrN5. The van der Waals surface area contributed by atoms with Gasteiger partial charge in [-0.1, -0.05) is 15.9 Å². The normalized spacial score (nSPS) is 10.0. The summed E-state index contributed by atoms with van der Waals surface area (Å²) in [5.74, 6) is 0.892. The number of nitriles is 1. The molecule has 0 bridgehead atoms. The van der Waals surface area contributed by atoms with E-state index in [1.54, 1.807) is 6.07 Å². The maximum absolute atomic E-state index is 8.87. The van der Waals surface area contributed by atoms with E-state index in [2.05, 4.69) is 42.5 Å². The first kappa shape index (κ1) is 12.6. The number of aryl methyl sites for hydroxylation is 1. The van der Waals surface area contributed by atoms with Crippen LogP contribution in [0.15, 0.2) is 29.0 Å². The van der Waals surface area contributed by atoms with Crippen molar-refractivity contribution in [3.05, 3.63) is 40.4 Å². The van der Waals surface area contributed by atoms with Gasteiger partial charge in [-0.15, -0.1) is 0 Å². The fourth-order valence-electron chi connectivity index (χ4n) is 1.60. The van der Waals surface area contributed by atoms with Crippen LogP contribution in [0.3, 0.4) is 0 Å². The van der Waals surface area contributed by atoms with Gasteiger partial charge in [-0.2, -0.15) is 10.4 Å². The summed E-state index contributed by atoms with van der Waals surface area (Å²) in [6.07, 6.45) is 3.31. The van der Waals surface area contributed by atoms with E-state index in [1.807, 2.05) is 12.1 Å². The van der Waals surface area contributed by atoms with E-state index in [9.17, 15) is 0 Å². The maximum Gasteiger partial charge on any atom is 0.137 e. The van der Waals surface area contributed by atoms with Gasteiger partial charge in [-0.25, -0.2) is 4.98 Å². The second kappa shape index (κ2) is 6.17. The number of aromatic nitrogens is 3. The van der Waals surface area contributed by atoms with Crippen LogP contribution in [0.1, 0.15) is 17.8 Å². The van der Waals surface area contributed by atoms with Gasteiger partial charge in [-0.3, -0.25) is 5.10 Å². The molecule has 1 aromatic heterocycles. The van der Waals surface area contributed by atoms with Crippen LogP contribution in [0.25, 0.3) is 0 Å². The number of hydrogen-bond acceptors (Lipinski definition) is 4. The second-order valence-corrected chi connectivity index (χ2v) is 4.72. The van der Waals surface area contributed by atoms with E-state index >= 15 is 0 Å². The molecule has 0 saturated heterocycles. The number of H-pyrrole nitrogens is 1. The van der Waals surface area contributed by atoms with Crippen LogP contribution in [0.4, 0.5) is 5.69 Å². The van der Waals surface area contributed by atoms with E-state index in [0.717, 1.165) is 35.4 Å². The zero-order valence-corrected chi connectivity index (χ0v) is 11.2. The number of halogens is 1. The molecule has 0 aliphatic carbocycles. The van der Waals surface area contributed by atoms with E-state index in [0.29, 0.717) is 5.56 Å². The Kier molecular flexibility index (Phi) is 4.31. The highest BCUT2D eigenvalue weighted by atomic mass is 79.9. The molecule has 2 N–H and O–H groups in total. The van der Waals surface area contributed by atoms with Crippen LogP contribution < -0.4 is 5.32 Å². The van der Waals surface area contributed by atoms with Crippen molar-refractivity contribution in [2.24, 2.45) is 0 Å². The lowest BCUT2D eigenvalue weighted by Crippen LogP contribution is -2.04. The van der Waals surface area contributed by atoms with Crippen molar-refractivity contribution in [3.63, 3.8) is 0 Å². The number of anilines is 1. The molecular weight excluding hydrogens is 294 g/mol. The third-order valence-electron chi connectivity index (χ3n) is 2.41. The van der Waals surface area contributed by atoms with Gasteiger partial charge in [0.2, 0.25) is 0 Å². The second-order valence-electron chi connectivity index (χ2n) is 3.80. The van der Waals surface area contributed by atoms with E-state index in [4.69, 9.17) is 5.26 Å². The molecule has 2 rings (SSSR count). The van der Waals surface area contributed by atoms with Gasteiger partial charge in [0.05, 0.1) is 11.6 Å². The number of nitrogens with one attached hydrogen (secondary N) is 2. The molecule has 1 heterocycles. The smallest absolute Gasteiger partial charge is 0.137 e. The first-order chi connectivity index (χ1) is 8.78. The van der Waals surface area contributed by atoms with Crippen LogP contribution in [0, 0.1) is 11.3 Å². The van der Waals surface area contributed by atoms with Gasteiger partial charge >= 0.3 is 0 Å². The molecule has 0 aliphatic rings. The Morgan fingerprint density at radius 2 is 2.28 bits per heavy atom. The molecule has 0 radical (unpaired) electrons. The minimum Gasteiger partial charge on any atom is -0.385 e. The maximum atomic E-state index is 8.87. The van der Waals surface area contributed by atoms with Crippen molar-refractivity contribution < 1.29 is 0 Å². The zero-order valence-electron chi connectivity index (χ0n) is 9.65. The Balaban J connectivity index is 1.83. The predicted octanol–water partition coefficient (Wildman–Crippen LogP) is 2.48. The molecule has 0 saturated carbocycles. The lowest BCUT2D eigenvalue weighted by atomic mass is 10.2. The van der Waals surface area contributed by atoms with Gasteiger partial charge in [0.25, 0.3) is 0 Å². The van der Waals surface area contributed by atoms with E-state index < -0.39 is 0 Å². The van der Waals surface area contributed by atoms with Crippen molar-refractivity contribution >= 4 is 21.6 Å². The molecule has 0 spiro atoms. The summed E-state index contributed by atoms with van der Waals surface area (Å²) >= 11 is 3.38. The number of aromatic amines is 1. The Morgan fingerprint density at radius 3 is 3.00 bits per heavy atom. The lowest BCUT2D eigenvalue weighted by molar-refractivity contribution is 0.806. The molecule has 18 heavy (non-hydrogen) atoms. The van der Waals surface area contributed by atoms with Gasteiger partial charge < -0.3 is 5.32 Å². The molecule has 5 nitrogen and oxygen atoms in total. The Labute approximate surface area is 113 Å². The minimum absolute atomic E-state index is 0.641. The quantitative estimate of drug-likeness (QED) is 0.832. The molecule has 0 fully saturated rings. The molecule has 0 amide bonds. The summed E-state index contributed by atoms with van der Waals surface area (Å²) in [6, 6.07) is 7.71. The van der Waals surface area contributed by atoms with Gasteiger partial charge in [0.15, 0.2) is 0 Å². The molecule has 6 heteroatoms. The highest BCUT2D eigenvalue weighted by molar-refractivity contribution is 9.10. The van der Waals surface area contributed by atoms with Crippen LogP contribution in [-0.2, 0) is 6.42 Å². The topological polar surface area (TPSA) is 77.4 Å². The first-order valence-corrected chi connectivity index (χ1v) is 6.36. The summed E-state index contributed by atoms with van der Waals surface area (Å²) in [4.78, 5) is 4.06. The summed E-state index contributed by atoms with van der Waals surface area (Å²) in [6.45, 7) is 0.821. The molecule has 0 aliphatic heterocycles. The Hall–Kier alpha value is -1.87. The number of benzene rings is 1. The van der Waals surface area contributed by atoms with Crippen LogP contribution in [0.5, 0.6) is 0 Å². The Morgan fingerprint density at radius 1 is 1.39 bits per heavy atom. The average molecular weight is 306 g/mol. The van der Waals surface area contributed by atoms with Gasteiger partial charge in [0.1, 0.15) is 12.2 Å². The number of hydrogen-bond donors (Lipinski definition) is 2. The summed E-state index contributed by atoms with van der Waals surface area (Å²) in [5.41, 5.74) is 1.58. The van der Waals surface area contributed by atoms with Crippen molar-refractivity contribution in [1.82, 2.24) is 15.2 Å². The fourth-order valence-corrected chi connectivity index (χ4v) is 2.09. The SMILES string of the molecule is N#Cc1cc(Br)cc(NCCCc2ncn[nH]2)c1. The van der Waals surface area contributed by atoms with Crippen LogP contribution >= 0.6 is 15.9 Å². The number of rotatable bonds is 5. The third kappa shape index (κ3) is 3.57. The van der Waals surface area contributed by atoms with Crippen LogP contribution in [0.2, 0.25) is 0 Å². The predicted molar refractivity (Wildman–Crippen MR) is 72.1 cm³/mol. The summed E-state index contributed by atoms with van der Waals surface area (Å²) < 4.78 is 0.902.